The molecule has 4 aliphatic heterocycles. The average Bonchev–Trinajstić information content (AvgIpc) is 3.36. The number of nitrogens with one attached hydrogen (secondary N) is 1. The minimum Gasteiger partial charge on any atom is -0.445 e. The van der Waals surface area contributed by atoms with Gasteiger partial charge >= 0.3 is 12.2 Å². The number of hydrogen-bond acceptors (Lipinski definition) is 10. The molecule has 1 aromatic rings. The van der Waals surface area contributed by atoms with E-state index in [9.17, 15) is 14.7 Å². The highest BCUT2D eigenvalue weighted by Gasteiger charge is 2.60. The number of carbonyl (C=O) groups is 2. The van der Waals surface area contributed by atoms with Gasteiger partial charge in [0.15, 0.2) is 25.0 Å². The SMILES string of the molecule is CCC1O[C@H](OC2O[C@H]3CC(C)[C@@H](O[C@@H]4C(C)C[C@@H](NC(=O)OCc5ccccc5)C(C)[C@H]4O)OC3C3OC(=O)N(C)C23)C(C)C[C@@H]1C. The first kappa shape index (κ1) is 35.3. The third-order valence-electron chi connectivity index (χ3n) is 11.3. The monoisotopic (exact) mass is 674 g/mol. The van der Waals surface area contributed by atoms with Gasteiger partial charge in [0.1, 0.15) is 18.8 Å². The fourth-order valence-corrected chi connectivity index (χ4v) is 8.34. The number of benzene rings is 1. The molecule has 1 aliphatic carbocycles. The third kappa shape index (κ3) is 7.20. The third-order valence-corrected chi connectivity index (χ3v) is 11.3. The van der Waals surface area contributed by atoms with Crippen LogP contribution in [0.4, 0.5) is 9.59 Å². The Hall–Kier alpha value is -2.48. The van der Waals surface area contributed by atoms with Gasteiger partial charge < -0.3 is 43.6 Å². The van der Waals surface area contributed by atoms with Crippen LogP contribution in [0.1, 0.15) is 72.8 Å². The van der Waals surface area contributed by atoms with Crippen molar-refractivity contribution in [3.8, 4) is 0 Å². The minimum absolute atomic E-state index is 0.0769. The molecule has 2 N–H and O–H groups in total. The average molecular weight is 675 g/mol. The summed E-state index contributed by atoms with van der Waals surface area (Å²) in [5.41, 5.74) is 0.902. The van der Waals surface area contributed by atoms with Crippen LogP contribution in [0, 0.1) is 29.6 Å². The summed E-state index contributed by atoms with van der Waals surface area (Å²) < 4.78 is 43.9. The summed E-state index contributed by atoms with van der Waals surface area (Å²) in [7, 11) is 1.69. The molecule has 5 aliphatic rings. The second-order valence-electron chi connectivity index (χ2n) is 14.9. The second kappa shape index (κ2) is 14.8. The molecule has 48 heavy (non-hydrogen) atoms. The summed E-state index contributed by atoms with van der Waals surface area (Å²) in [4.78, 5) is 27.0. The zero-order chi connectivity index (χ0) is 34.3. The Morgan fingerprint density at radius 2 is 1.60 bits per heavy atom. The van der Waals surface area contributed by atoms with Crippen LogP contribution in [0.15, 0.2) is 30.3 Å². The van der Waals surface area contributed by atoms with Crippen molar-refractivity contribution in [3.63, 3.8) is 0 Å². The zero-order valence-corrected chi connectivity index (χ0v) is 29.2. The number of carbonyl (C=O) groups excluding carboxylic acids is 2. The van der Waals surface area contributed by atoms with Crippen molar-refractivity contribution in [2.24, 2.45) is 29.6 Å². The van der Waals surface area contributed by atoms with Crippen molar-refractivity contribution in [1.29, 1.82) is 0 Å². The molecule has 12 nitrogen and oxygen atoms in total. The molecule has 2 amide bonds. The molecule has 4 saturated heterocycles. The second-order valence-corrected chi connectivity index (χ2v) is 14.9. The highest BCUT2D eigenvalue weighted by molar-refractivity contribution is 5.70. The van der Waals surface area contributed by atoms with E-state index >= 15 is 0 Å². The first-order valence-electron chi connectivity index (χ1n) is 17.8. The van der Waals surface area contributed by atoms with E-state index in [4.69, 9.17) is 33.2 Å². The lowest BCUT2D eigenvalue weighted by Gasteiger charge is -2.51. The number of rotatable bonds is 8. The standard InChI is InChI=1S/C36H54N2O10/c1-8-25-18(2)14-20(4)32(43-25)48-34-27-31(47-36(41)38(27)7)30-26(44-34)16-21(5)33(46-30)45-29-19(3)15-24(22(6)28(29)39)37-35(40)42-17-23-12-10-9-11-13-23/h9-13,18-22,24-34,39H,8,14-17H2,1-7H3,(H,37,40)/t18-,19?,20?,21?,22?,24+,25?,26-,27?,28+,29+,30?,31?,32+,33-,34?/m0/s1. The summed E-state index contributed by atoms with van der Waals surface area (Å²) in [6.07, 6.45) is -2.55. The summed E-state index contributed by atoms with van der Waals surface area (Å²) in [5.74, 6) is 0.166. The van der Waals surface area contributed by atoms with Crippen LogP contribution < -0.4 is 5.32 Å². The van der Waals surface area contributed by atoms with Crippen molar-refractivity contribution in [3.05, 3.63) is 35.9 Å². The van der Waals surface area contributed by atoms with Crippen molar-refractivity contribution < 1.29 is 47.9 Å². The Balaban J connectivity index is 1.08. The van der Waals surface area contributed by atoms with Gasteiger partial charge in [-0.1, -0.05) is 71.9 Å². The molecular formula is C36H54N2O10. The molecule has 0 radical (unpaired) electrons. The number of fused-ring (bicyclic) bond motifs is 3. The van der Waals surface area contributed by atoms with Gasteiger partial charge in [0.25, 0.3) is 0 Å². The Labute approximate surface area is 284 Å². The van der Waals surface area contributed by atoms with Crippen LogP contribution in [0.5, 0.6) is 0 Å². The van der Waals surface area contributed by atoms with Crippen LogP contribution in [0.2, 0.25) is 0 Å². The van der Waals surface area contributed by atoms with Crippen LogP contribution in [-0.2, 0) is 39.8 Å². The first-order chi connectivity index (χ1) is 22.9. The van der Waals surface area contributed by atoms with Gasteiger partial charge in [-0.3, -0.25) is 4.90 Å². The lowest BCUT2D eigenvalue weighted by atomic mass is 9.75. The summed E-state index contributed by atoms with van der Waals surface area (Å²) >= 11 is 0. The van der Waals surface area contributed by atoms with E-state index in [0.717, 1.165) is 18.4 Å². The smallest absolute Gasteiger partial charge is 0.410 e. The van der Waals surface area contributed by atoms with Crippen LogP contribution in [-0.4, -0.2) is 96.8 Å². The van der Waals surface area contributed by atoms with Crippen molar-refractivity contribution >= 4 is 12.2 Å². The molecular weight excluding hydrogens is 620 g/mol. The number of aliphatic hydroxyl groups excluding tert-OH is 1. The molecule has 0 aromatic heterocycles. The maximum atomic E-state index is 12.9. The van der Waals surface area contributed by atoms with E-state index in [0.29, 0.717) is 18.8 Å². The van der Waals surface area contributed by atoms with Crippen molar-refractivity contribution in [2.45, 2.75) is 141 Å². The van der Waals surface area contributed by atoms with Gasteiger partial charge in [-0.15, -0.1) is 0 Å². The number of hydrogen-bond donors (Lipinski definition) is 2. The minimum atomic E-state index is -0.850. The molecule has 9 unspecified atom stereocenters. The largest absolute Gasteiger partial charge is 0.445 e. The molecule has 5 fully saturated rings. The van der Waals surface area contributed by atoms with E-state index in [1.807, 2.05) is 51.1 Å². The molecule has 1 saturated carbocycles. The Bertz CT molecular complexity index is 1250. The first-order valence-corrected chi connectivity index (χ1v) is 17.8. The Kier molecular flexibility index (Phi) is 10.9. The predicted octanol–water partition coefficient (Wildman–Crippen LogP) is 4.81. The number of ether oxygens (including phenoxy) is 7. The molecule has 6 rings (SSSR count). The fourth-order valence-electron chi connectivity index (χ4n) is 8.34. The molecule has 16 atom stereocenters. The van der Waals surface area contributed by atoms with E-state index < -0.39 is 61.5 Å². The Morgan fingerprint density at radius 1 is 0.896 bits per heavy atom. The maximum Gasteiger partial charge on any atom is 0.410 e. The van der Waals surface area contributed by atoms with Gasteiger partial charge in [-0.2, -0.15) is 0 Å². The van der Waals surface area contributed by atoms with Gasteiger partial charge in [0.05, 0.1) is 24.4 Å². The van der Waals surface area contributed by atoms with Crippen molar-refractivity contribution in [1.82, 2.24) is 10.2 Å². The number of alkyl carbamates (subject to hydrolysis) is 1. The molecule has 12 heteroatoms. The summed E-state index contributed by atoms with van der Waals surface area (Å²) in [5, 5.41) is 14.4. The topological polar surface area (TPSA) is 134 Å². The highest BCUT2D eigenvalue weighted by atomic mass is 16.8. The predicted molar refractivity (Wildman–Crippen MR) is 173 cm³/mol. The molecule has 0 spiro atoms. The number of aliphatic hydroxyl groups is 1. The maximum absolute atomic E-state index is 12.9. The van der Waals surface area contributed by atoms with Crippen LogP contribution >= 0.6 is 0 Å². The quantitative estimate of drug-likeness (QED) is 0.396. The molecule has 0 bridgehead atoms. The van der Waals surface area contributed by atoms with E-state index in [-0.39, 0.29) is 48.5 Å². The lowest BCUT2D eigenvalue weighted by molar-refractivity contribution is -0.368. The van der Waals surface area contributed by atoms with Crippen LogP contribution in [0.25, 0.3) is 0 Å². The van der Waals surface area contributed by atoms with Gasteiger partial charge in [0.2, 0.25) is 0 Å². The zero-order valence-electron chi connectivity index (χ0n) is 29.2. The highest BCUT2D eigenvalue weighted by Crippen LogP contribution is 2.43. The van der Waals surface area contributed by atoms with Crippen LogP contribution in [0.3, 0.4) is 0 Å². The summed E-state index contributed by atoms with van der Waals surface area (Å²) in [6, 6.07) is 8.70. The van der Waals surface area contributed by atoms with Gasteiger partial charge in [-0.05, 0) is 43.1 Å². The van der Waals surface area contributed by atoms with Gasteiger partial charge in [-0.25, -0.2) is 9.59 Å². The van der Waals surface area contributed by atoms with Gasteiger partial charge in [0, 0.05) is 30.8 Å². The van der Waals surface area contributed by atoms with Crippen molar-refractivity contribution in [2.75, 3.05) is 7.05 Å². The number of nitrogens with zero attached hydrogens (tertiary/aromatic N) is 1. The fraction of sp³-hybridized carbons (Fsp3) is 0.778. The molecule has 1 aromatic carbocycles. The van der Waals surface area contributed by atoms with E-state index in [1.165, 1.54) is 4.90 Å². The van der Waals surface area contributed by atoms with E-state index in [1.54, 1.807) is 7.05 Å². The normalized spacial score (nSPS) is 44.3. The molecule has 4 heterocycles. The summed E-state index contributed by atoms with van der Waals surface area (Å²) in [6.45, 7) is 12.6. The lowest BCUT2D eigenvalue weighted by Crippen LogP contribution is -2.65. The Morgan fingerprint density at radius 3 is 2.33 bits per heavy atom. The molecule has 268 valence electrons. The number of amides is 2. The van der Waals surface area contributed by atoms with E-state index in [2.05, 4.69) is 26.1 Å². The number of likely N-dealkylation sites (N-methyl/N-ethyl adjacent to an activating group) is 1.